The molecule has 1 aliphatic heterocycles. The van der Waals surface area contributed by atoms with Gasteiger partial charge in [-0.05, 0) is 34.1 Å². The molecule has 21 heavy (non-hydrogen) atoms. The zero-order chi connectivity index (χ0) is 15.4. The Balaban J connectivity index is 2.14. The highest BCUT2D eigenvalue weighted by Gasteiger charge is 2.22. The van der Waals surface area contributed by atoms with Crippen molar-refractivity contribution in [3.05, 3.63) is 11.4 Å². The van der Waals surface area contributed by atoms with Crippen LogP contribution in [-0.4, -0.2) is 53.6 Å². The van der Waals surface area contributed by atoms with E-state index in [2.05, 4.69) is 47.8 Å². The molecule has 2 heterocycles. The summed E-state index contributed by atoms with van der Waals surface area (Å²) in [6.45, 7) is 16.1. The van der Waals surface area contributed by atoms with Crippen LogP contribution in [0.2, 0.25) is 0 Å². The standard InChI is InChI=1S/C16H29N5/c1-6-7-17-15-13(4)16(19-14(5)18-15)21-10-8-20(9-11-21)12(2)3/h12H,6-11H2,1-5H3,(H,17,18,19). The third-order valence-corrected chi connectivity index (χ3v) is 4.12. The van der Waals surface area contributed by atoms with E-state index in [9.17, 15) is 0 Å². The van der Waals surface area contributed by atoms with Crippen molar-refractivity contribution in [2.24, 2.45) is 0 Å². The molecule has 1 aliphatic rings. The van der Waals surface area contributed by atoms with Crippen molar-refractivity contribution in [1.82, 2.24) is 14.9 Å². The molecule has 118 valence electrons. The van der Waals surface area contributed by atoms with E-state index in [1.54, 1.807) is 0 Å². The highest BCUT2D eigenvalue weighted by atomic mass is 15.3. The predicted molar refractivity (Wildman–Crippen MR) is 89.2 cm³/mol. The Kier molecular flexibility index (Phi) is 5.39. The summed E-state index contributed by atoms with van der Waals surface area (Å²) in [6, 6.07) is 0.627. The van der Waals surface area contributed by atoms with Gasteiger partial charge in [0.15, 0.2) is 0 Å². The van der Waals surface area contributed by atoms with Gasteiger partial charge in [0, 0.05) is 44.3 Å². The summed E-state index contributed by atoms with van der Waals surface area (Å²) < 4.78 is 0. The Morgan fingerprint density at radius 3 is 2.33 bits per heavy atom. The summed E-state index contributed by atoms with van der Waals surface area (Å²) in [5, 5.41) is 3.42. The van der Waals surface area contributed by atoms with Crippen molar-refractivity contribution in [3.8, 4) is 0 Å². The lowest BCUT2D eigenvalue weighted by Gasteiger charge is -2.38. The average Bonchev–Trinajstić information content (AvgIpc) is 2.48. The van der Waals surface area contributed by atoms with E-state index in [0.717, 1.165) is 56.6 Å². The van der Waals surface area contributed by atoms with Crippen LogP contribution in [0.5, 0.6) is 0 Å². The van der Waals surface area contributed by atoms with E-state index in [4.69, 9.17) is 4.98 Å². The monoisotopic (exact) mass is 291 g/mol. The number of rotatable bonds is 5. The summed E-state index contributed by atoms with van der Waals surface area (Å²) in [7, 11) is 0. The van der Waals surface area contributed by atoms with E-state index < -0.39 is 0 Å². The molecule has 5 nitrogen and oxygen atoms in total. The Morgan fingerprint density at radius 2 is 1.76 bits per heavy atom. The van der Waals surface area contributed by atoms with Gasteiger partial charge in [-0.25, -0.2) is 9.97 Å². The predicted octanol–water partition coefficient (Wildman–Crippen LogP) is 2.45. The fourth-order valence-corrected chi connectivity index (χ4v) is 2.79. The van der Waals surface area contributed by atoms with Crippen LogP contribution in [0.4, 0.5) is 11.6 Å². The van der Waals surface area contributed by atoms with Crippen LogP contribution in [0, 0.1) is 13.8 Å². The van der Waals surface area contributed by atoms with Gasteiger partial charge in [-0.2, -0.15) is 0 Å². The van der Waals surface area contributed by atoms with Gasteiger partial charge in [-0.15, -0.1) is 0 Å². The number of nitrogens with zero attached hydrogens (tertiary/aromatic N) is 4. The fourth-order valence-electron chi connectivity index (χ4n) is 2.79. The van der Waals surface area contributed by atoms with Crippen LogP contribution in [0.15, 0.2) is 0 Å². The molecule has 2 rings (SSSR count). The highest BCUT2D eigenvalue weighted by molar-refractivity contribution is 5.58. The second kappa shape index (κ2) is 7.07. The normalized spacial score (nSPS) is 16.6. The first-order valence-corrected chi connectivity index (χ1v) is 8.11. The minimum atomic E-state index is 0.627. The first-order valence-electron chi connectivity index (χ1n) is 8.11. The van der Waals surface area contributed by atoms with Crippen LogP contribution in [0.3, 0.4) is 0 Å². The number of nitrogens with one attached hydrogen (secondary N) is 1. The maximum absolute atomic E-state index is 4.69. The molecule has 1 N–H and O–H groups in total. The minimum absolute atomic E-state index is 0.627. The van der Waals surface area contributed by atoms with E-state index in [1.807, 2.05) is 6.92 Å². The first kappa shape index (κ1) is 16.0. The largest absolute Gasteiger partial charge is 0.370 e. The number of hydrogen-bond donors (Lipinski definition) is 1. The van der Waals surface area contributed by atoms with Gasteiger partial charge in [0.05, 0.1) is 0 Å². The lowest BCUT2D eigenvalue weighted by atomic mass is 10.2. The zero-order valence-corrected chi connectivity index (χ0v) is 14.1. The minimum Gasteiger partial charge on any atom is -0.370 e. The van der Waals surface area contributed by atoms with Crippen LogP contribution in [-0.2, 0) is 0 Å². The van der Waals surface area contributed by atoms with Gasteiger partial charge in [0.2, 0.25) is 0 Å². The van der Waals surface area contributed by atoms with E-state index in [-0.39, 0.29) is 0 Å². The number of aryl methyl sites for hydroxylation is 1. The topological polar surface area (TPSA) is 44.3 Å². The highest BCUT2D eigenvalue weighted by Crippen LogP contribution is 2.24. The molecule has 0 aromatic carbocycles. The molecule has 0 spiro atoms. The summed E-state index contributed by atoms with van der Waals surface area (Å²) in [6.07, 6.45) is 1.10. The van der Waals surface area contributed by atoms with Gasteiger partial charge < -0.3 is 10.2 Å². The van der Waals surface area contributed by atoms with Crippen LogP contribution in [0.25, 0.3) is 0 Å². The van der Waals surface area contributed by atoms with Crippen LogP contribution in [0.1, 0.15) is 38.6 Å². The van der Waals surface area contributed by atoms with Crippen molar-refractivity contribution in [2.45, 2.75) is 47.1 Å². The zero-order valence-electron chi connectivity index (χ0n) is 14.1. The average molecular weight is 291 g/mol. The van der Waals surface area contributed by atoms with E-state index in [1.165, 1.54) is 5.56 Å². The molecule has 5 heteroatoms. The van der Waals surface area contributed by atoms with Crippen LogP contribution < -0.4 is 10.2 Å². The third kappa shape index (κ3) is 3.84. The van der Waals surface area contributed by atoms with E-state index in [0.29, 0.717) is 6.04 Å². The summed E-state index contributed by atoms with van der Waals surface area (Å²) in [4.78, 5) is 14.2. The summed E-state index contributed by atoms with van der Waals surface area (Å²) >= 11 is 0. The number of anilines is 2. The summed E-state index contributed by atoms with van der Waals surface area (Å²) in [5.41, 5.74) is 1.17. The molecule has 1 fully saturated rings. The molecule has 0 bridgehead atoms. The molecule has 1 aromatic heterocycles. The van der Waals surface area contributed by atoms with Gasteiger partial charge >= 0.3 is 0 Å². The van der Waals surface area contributed by atoms with Crippen molar-refractivity contribution < 1.29 is 0 Å². The smallest absolute Gasteiger partial charge is 0.137 e. The molecule has 0 radical (unpaired) electrons. The number of piperazine rings is 1. The maximum atomic E-state index is 4.69. The van der Waals surface area contributed by atoms with Gasteiger partial charge in [0.1, 0.15) is 17.5 Å². The van der Waals surface area contributed by atoms with Crippen molar-refractivity contribution >= 4 is 11.6 Å². The molecule has 0 atom stereocenters. The summed E-state index contributed by atoms with van der Waals surface area (Å²) in [5.74, 6) is 2.94. The van der Waals surface area contributed by atoms with Crippen LogP contribution >= 0.6 is 0 Å². The van der Waals surface area contributed by atoms with Gasteiger partial charge in [0.25, 0.3) is 0 Å². The molecular weight excluding hydrogens is 262 g/mol. The van der Waals surface area contributed by atoms with Gasteiger partial charge in [-0.3, -0.25) is 4.90 Å². The SMILES string of the molecule is CCCNc1nc(C)nc(N2CCN(C(C)C)CC2)c1C. The Hall–Kier alpha value is -1.36. The fraction of sp³-hybridized carbons (Fsp3) is 0.750. The number of aromatic nitrogens is 2. The second-order valence-electron chi connectivity index (χ2n) is 6.11. The molecule has 1 aromatic rings. The Bertz CT molecular complexity index is 464. The van der Waals surface area contributed by atoms with Crippen molar-refractivity contribution in [1.29, 1.82) is 0 Å². The first-order chi connectivity index (χ1) is 10.0. The lowest BCUT2D eigenvalue weighted by molar-refractivity contribution is 0.209. The molecule has 0 amide bonds. The quantitative estimate of drug-likeness (QED) is 0.903. The third-order valence-electron chi connectivity index (χ3n) is 4.12. The molecular formula is C16H29N5. The molecule has 0 saturated carbocycles. The van der Waals surface area contributed by atoms with Crippen molar-refractivity contribution in [2.75, 3.05) is 42.9 Å². The second-order valence-corrected chi connectivity index (χ2v) is 6.11. The van der Waals surface area contributed by atoms with E-state index >= 15 is 0 Å². The Morgan fingerprint density at radius 1 is 1.10 bits per heavy atom. The number of hydrogen-bond acceptors (Lipinski definition) is 5. The Labute approximate surface area is 128 Å². The van der Waals surface area contributed by atoms with Gasteiger partial charge in [-0.1, -0.05) is 6.92 Å². The molecule has 1 saturated heterocycles. The lowest BCUT2D eigenvalue weighted by Crippen LogP contribution is -2.49. The van der Waals surface area contributed by atoms with Crippen molar-refractivity contribution in [3.63, 3.8) is 0 Å². The molecule has 0 unspecified atom stereocenters. The maximum Gasteiger partial charge on any atom is 0.137 e. The molecule has 0 aliphatic carbocycles.